The molecule has 1 aliphatic rings. The summed E-state index contributed by atoms with van der Waals surface area (Å²) in [7, 11) is 2.01. The van der Waals surface area contributed by atoms with Crippen molar-refractivity contribution in [3.05, 3.63) is 131 Å². The highest BCUT2D eigenvalue weighted by Gasteiger charge is 2.39. The molecular formula is C41H48N2O7. The molecule has 9 heteroatoms. The monoisotopic (exact) mass is 680 g/mol. The highest BCUT2D eigenvalue weighted by atomic mass is 16.7. The van der Waals surface area contributed by atoms with Crippen molar-refractivity contribution in [2.24, 2.45) is 5.92 Å². The number of carbonyl (C=O) groups is 2. The highest BCUT2D eigenvalue weighted by Crippen LogP contribution is 2.42. The van der Waals surface area contributed by atoms with E-state index in [4.69, 9.17) is 14.6 Å². The average Bonchev–Trinajstić information content (AvgIpc) is 3.14. The number of amides is 1. The minimum atomic E-state index is -0.908. The van der Waals surface area contributed by atoms with Crippen LogP contribution >= 0.6 is 0 Å². The number of hydrogen-bond donors (Lipinski definition) is 4. The Labute approximate surface area is 294 Å². The summed E-state index contributed by atoms with van der Waals surface area (Å²) in [6.45, 7) is 5.03. The number of carbonyl (C=O) groups excluding carboxylic acids is 1. The predicted octanol–water partition coefficient (Wildman–Crippen LogP) is 6.56. The zero-order valence-corrected chi connectivity index (χ0v) is 28.9. The minimum absolute atomic E-state index is 0.0195. The molecule has 4 aromatic carbocycles. The van der Waals surface area contributed by atoms with E-state index >= 15 is 0 Å². The van der Waals surface area contributed by atoms with Gasteiger partial charge in [-0.15, -0.1) is 0 Å². The molecule has 1 saturated heterocycles. The first-order valence-corrected chi connectivity index (χ1v) is 17.2. The van der Waals surface area contributed by atoms with Crippen LogP contribution in [0.3, 0.4) is 0 Å². The Balaban J connectivity index is 1.35. The van der Waals surface area contributed by atoms with Crippen molar-refractivity contribution in [1.29, 1.82) is 0 Å². The number of carboxylic acids is 1. The maximum atomic E-state index is 12.2. The number of hydrogen-bond acceptors (Lipinski definition) is 7. The molecule has 4 N–H and O–H groups in total. The molecule has 9 nitrogen and oxygen atoms in total. The molecule has 1 aliphatic heterocycles. The van der Waals surface area contributed by atoms with Gasteiger partial charge >= 0.3 is 5.97 Å². The van der Waals surface area contributed by atoms with Gasteiger partial charge in [0.05, 0.1) is 24.9 Å². The van der Waals surface area contributed by atoms with Gasteiger partial charge in [-0.05, 0) is 65.9 Å². The standard InChI is InChI=1S/C41H48N2O7/c1-27-36(25-43(3)28(2)39(48)31-11-5-4-6-12-31)49-41(50-40(27)32-20-18-29(26-44)19-21-32)35-15-8-14-34(23-35)33-13-7-10-30(22-33)24-42-37(45)16-9-17-38(46)47/h4-8,10-15,18-23,27-28,36,39-41,44,48H,9,16-17,24-26H2,1-3H3,(H,42,45)(H,46,47)/t27-,28-,36+,39-,40+,41+/m0/s1. The van der Waals surface area contributed by atoms with E-state index in [2.05, 4.69) is 23.2 Å². The molecule has 0 aromatic heterocycles. The summed E-state index contributed by atoms with van der Waals surface area (Å²) in [6.07, 6.45) is -1.38. The van der Waals surface area contributed by atoms with Gasteiger partial charge in [-0.2, -0.15) is 0 Å². The number of carboxylic acid groups (broad SMARTS) is 1. The smallest absolute Gasteiger partial charge is 0.303 e. The van der Waals surface area contributed by atoms with Crippen molar-refractivity contribution in [2.45, 2.75) is 76.9 Å². The van der Waals surface area contributed by atoms with Crippen molar-refractivity contribution in [3.63, 3.8) is 0 Å². The van der Waals surface area contributed by atoms with E-state index in [1.165, 1.54) is 0 Å². The first kappa shape index (κ1) is 36.9. The van der Waals surface area contributed by atoms with Crippen molar-refractivity contribution < 1.29 is 34.4 Å². The highest BCUT2D eigenvalue weighted by molar-refractivity contribution is 5.76. The van der Waals surface area contributed by atoms with Crippen LogP contribution in [0.5, 0.6) is 0 Å². The lowest BCUT2D eigenvalue weighted by atomic mass is 9.89. The third-order valence-electron chi connectivity index (χ3n) is 9.59. The molecule has 50 heavy (non-hydrogen) atoms. The second kappa shape index (κ2) is 17.5. The zero-order valence-electron chi connectivity index (χ0n) is 28.9. The predicted molar refractivity (Wildman–Crippen MR) is 192 cm³/mol. The average molecular weight is 681 g/mol. The van der Waals surface area contributed by atoms with Crippen molar-refractivity contribution >= 4 is 11.9 Å². The van der Waals surface area contributed by atoms with Crippen LogP contribution < -0.4 is 5.32 Å². The topological polar surface area (TPSA) is 129 Å². The molecule has 1 fully saturated rings. The summed E-state index contributed by atoms with van der Waals surface area (Å²) in [5, 5.41) is 32.5. The summed E-state index contributed by atoms with van der Waals surface area (Å²) in [5.74, 6) is -1.10. The van der Waals surface area contributed by atoms with Gasteiger partial charge in [-0.25, -0.2) is 0 Å². The van der Waals surface area contributed by atoms with E-state index in [-0.39, 0.29) is 49.5 Å². The van der Waals surface area contributed by atoms with E-state index in [1.54, 1.807) is 0 Å². The fraction of sp³-hybridized carbons (Fsp3) is 0.366. The Morgan fingerprint density at radius 1 is 0.840 bits per heavy atom. The zero-order chi connectivity index (χ0) is 35.6. The molecular weight excluding hydrogens is 632 g/mol. The Hall–Kier alpha value is -4.38. The number of nitrogens with one attached hydrogen (secondary N) is 1. The first-order chi connectivity index (χ1) is 24.1. The van der Waals surface area contributed by atoms with Crippen molar-refractivity contribution in [2.75, 3.05) is 13.6 Å². The van der Waals surface area contributed by atoms with Crippen LogP contribution in [0.2, 0.25) is 0 Å². The summed E-state index contributed by atoms with van der Waals surface area (Å²) >= 11 is 0. The molecule has 4 aromatic rings. The van der Waals surface area contributed by atoms with E-state index in [0.717, 1.165) is 38.9 Å². The van der Waals surface area contributed by atoms with Crippen LogP contribution in [0.15, 0.2) is 103 Å². The molecule has 0 aliphatic carbocycles. The molecule has 264 valence electrons. The second-order valence-electron chi connectivity index (χ2n) is 13.2. The SMILES string of the molecule is C[C@H]1[C@@H](CN(C)[C@@H](C)[C@H](O)c2ccccc2)O[C@@H](c2cccc(-c3cccc(CNC(=O)CCCC(=O)O)c3)c2)O[C@H]1c1ccc(CO)cc1. The maximum Gasteiger partial charge on any atom is 0.303 e. The fourth-order valence-corrected chi connectivity index (χ4v) is 6.36. The number of benzene rings is 4. The Bertz CT molecular complexity index is 1700. The number of nitrogens with zero attached hydrogens (tertiary/aromatic N) is 1. The van der Waals surface area contributed by atoms with Crippen LogP contribution in [-0.2, 0) is 32.2 Å². The number of aliphatic hydroxyl groups is 2. The first-order valence-electron chi connectivity index (χ1n) is 17.2. The van der Waals surface area contributed by atoms with Gasteiger partial charge in [0.2, 0.25) is 5.91 Å². The summed E-state index contributed by atoms with van der Waals surface area (Å²) < 4.78 is 13.5. The second-order valence-corrected chi connectivity index (χ2v) is 13.2. The Morgan fingerprint density at radius 2 is 1.54 bits per heavy atom. The van der Waals surface area contributed by atoms with Gasteiger partial charge in [-0.1, -0.05) is 97.9 Å². The van der Waals surface area contributed by atoms with Gasteiger partial charge in [-0.3, -0.25) is 14.5 Å². The molecule has 0 saturated carbocycles. The number of rotatable bonds is 15. The summed E-state index contributed by atoms with van der Waals surface area (Å²) in [4.78, 5) is 25.1. The molecule has 0 radical (unpaired) electrons. The van der Waals surface area contributed by atoms with E-state index < -0.39 is 18.4 Å². The van der Waals surface area contributed by atoms with Gasteiger partial charge < -0.3 is 30.1 Å². The van der Waals surface area contributed by atoms with Crippen LogP contribution in [0.1, 0.15) is 79.4 Å². The quantitative estimate of drug-likeness (QED) is 0.111. The molecule has 6 atom stereocenters. The van der Waals surface area contributed by atoms with E-state index in [1.807, 2.05) is 111 Å². The van der Waals surface area contributed by atoms with Crippen molar-refractivity contribution in [3.8, 4) is 11.1 Å². The van der Waals surface area contributed by atoms with Crippen LogP contribution in [-0.4, -0.2) is 57.8 Å². The normalized spacial score (nSPS) is 20.3. The van der Waals surface area contributed by atoms with Gasteiger partial charge in [0, 0.05) is 43.5 Å². The molecule has 0 bridgehead atoms. The summed E-state index contributed by atoms with van der Waals surface area (Å²) in [5.41, 5.74) is 6.45. The van der Waals surface area contributed by atoms with Gasteiger partial charge in [0.15, 0.2) is 6.29 Å². The van der Waals surface area contributed by atoms with Crippen LogP contribution in [0, 0.1) is 5.92 Å². The molecule has 1 amide bonds. The molecule has 0 unspecified atom stereocenters. The summed E-state index contributed by atoms with van der Waals surface area (Å²) in [6, 6.07) is 33.4. The van der Waals surface area contributed by atoms with E-state index in [0.29, 0.717) is 19.5 Å². The lowest BCUT2D eigenvalue weighted by molar-refractivity contribution is -0.276. The lowest BCUT2D eigenvalue weighted by Gasteiger charge is -2.43. The maximum absolute atomic E-state index is 12.2. The number of aliphatic hydroxyl groups excluding tert-OH is 2. The van der Waals surface area contributed by atoms with Gasteiger partial charge in [0.1, 0.15) is 0 Å². The number of likely N-dealkylation sites (N-methyl/N-ethyl adjacent to an activating group) is 1. The third-order valence-corrected chi connectivity index (χ3v) is 9.59. The van der Waals surface area contributed by atoms with E-state index in [9.17, 15) is 19.8 Å². The third kappa shape index (κ3) is 9.65. The molecule has 0 spiro atoms. The van der Waals surface area contributed by atoms with Crippen molar-refractivity contribution in [1.82, 2.24) is 10.2 Å². The largest absolute Gasteiger partial charge is 0.481 e. The Kier molecular flexibility index (Phi) is 12.9. The molecule has 1 heterocycles. The number of aliphatic carboxylic acids is 1. The van der Waals surface area contributed by atoms with Crippen LogP contribution in [0.4, 0.5) is 0 Å². The van der Waals surface area contributed by atoms with Gasteiger partial charge in [0.25, 0.3) is 0 Å². The Morgan fingerprint density at radius 3 is 2.24 bits per heavy atom. The lowest BCUT2D eigenvalue weighted by Crippen LogP contribution is -2.46. The molecule has 5 rings (SSSR count). The fourth-order valence-electron chi connectivity index (χ4n) is 6.36. The number of ether oxygens (including phenoxy) is 2. The minimum Gasteiger partial charge on any atom is -0.481 e. The van der Waals surface area contributed by atoms with Crippen LogP contribution in [0.25, 0.3) is 11.1 Å².